The third-order valence-corrected chi connectivity index (χ3v) is 2.89. The number of carbonyl (C=O) groups excluding carboxylic acids is 1. The van der Waals surface area contributed by atoms with Crippen molar-refractivity contribution in [2.45, 2.75) is 59.0 Å². The summed E-state index contributed by atoms with van der Waals surface area (Å²) in [7, 11) is 0. The average molecular weight is 238 g/mol. The van der Waals surface area contributed by atoms with Gasteiger partial charge in [0.15, 0.2) is 0 Å². The largest absolute Gasteiger partial charge is 0.342 e. The van der Waals surface area contributed by atoms with Crippen molar-refractivity contribution in [3.8, 4) is 12.3 Å². The van der Waals surface area contributed by atoms with Crippen LogP contribution in [0.5, 0.6) is 0 Å². The van der Waals surface area contributed by atoms with Gasteiger partial charge in [0.2, 0.25) is 5.91 Å². The van der Waals surface area contributed by atoms with E-state index >= 15 is 0 Å². The van der Waals surface area contributed by atoms with E-state index in [1.807, 2.05) is 27.7 Å². The Balaban J connectivity index is 4.01. The normalized spacial score (nSPS) is 16.1. The van der Waals surface area contributed by atoms with E-state index in [2.05, 4.69) is 11.2 Å². The molecular formula is C14H26N2O. The Hall–Kier alpha value is -1.01. The van der Waals surface area contributed by atoms with Crippen LogP contribution in [0, 0.1) is 24.2 Å². The number of carbonyl (C=O) groups is 1. The summed E-state index contributed by atoms with van der Waals surface area (Å²) in [5, 5.41) is 2.90. The van der Waals surface area contributed by atoms with Crippen molar-refractivity contribution >= 4 is 5.91 Å². The molecule has 0 aliphatic rings. The summed E-state index contributed by atoms with van der Waals surface area (Å²) < 4.78 is 0. The number of terminal acetylenes is 1. The highest BCUT2D eigenvalue weighted by Gasteiger charge is 2.18. The molecule has 0 aliphatic carbocycles. The van der Waals surface area contributed by atoms with Crippen LogP contribution in [-0.4, -0.2) is 18.0 Å². The average Bonchev–Trinajstić information content (AvgIpc) is 2.24. The smallest absolute Gasteiger partial charge is 0.223 e. The molecule has 3 unspecified atom stereocenters. The molecule has 0 saturated heterocycles. The molecule has 3 N–H and O–H groups in total. The van der Waals surface area contributed by atoms with Gasteiger partial charge in [0.05, 0.1) is 6.04 Å². The second-order valence-electron chi connectivity index (χ2n) is 5.21. The molecular weight excluding hydrogens is 212 g/mol. The summed E-state index contributed by atoms with van der Waals surface area (Å²) in [6.07, 6.45) is 8.18. The molecule has 0 fully saturated rings. The number of hydrogen-bond acceptors (Lipinski definition) is 2. The van der Waals surface area contributed by atoms with Crippen LogP contribution >= 0.6 is 0 Å². The zero-order chi connectivity index (χ0) is 13.4. The van der Waals surface area contributed by atoms with Crippen molar-refractivity contribution in [3.05, 3.63) is 0 Å². The Morgan fingerprint density at radius 2 is 1.88 bits per heavy atom. The maximum Gasteiger partial charge on any atom is 0.223 e. The van der Waals surface area contributed by atoms with Crippen molar-refractivity contribution < 1.29 is 4.79 Å². The van der Waals surface area contributed by atoms with Crippen molar-refractivity contribution in [3.63, 3.8) is 0 Å². The van der Waals surface area contributed by atoms with Gasteiger partial charge in [-0.2, -0.15) is 0 Å². The SMILES string of the molecule is C#CC(NC(=O)C(C)CCCC(C)N)C(C)C. The van der Waals surface area contributed by atoms with Gasteiger partial charge in [-0.15, -0.1) is 6.42 Å². The van der Waals surface area contributed by atoms with Crippen molar-refractivity contribution in [2.75, 3.05) is 0 Å². The van der Waals surface area contributed by atoms with Crippen molar-refractivity contribution in [1.82, 2.24) is 5.32 Å². The van der Waals surface area contributed by atoms with Crippen LogP contribution in [0.25, 0.3) is 0 Å². The van der Waals surface area contributed by atoms with E-state index in [1.165, 1.54) is 0 Å². The summed E-state index contributed by atoms with van der Waals surface area (Å²) in [6, 6.07) is 0.0396. The van der Waals surface area contributed by atoms with Gasteiger partial charge in [-0.05, 0) is 25.7 Å². The van der Waals surface area contributed by atoms with Gasteiger partial charge in [0, 0.05) is 12.0 Å². The molecule has 0 saturated carbocycles. The molecule has 0 aromatic carbocycles. The first-order valence-corrected chi connectivity index (χ1v) is 6.40. The molecule has 0 rings (SSSR count). The van der Waals surface area contributed by atoms with Crippen LogP contribution in [0.2, 0.25) is 0 Å². The Bertz CT molecular complexity index is 266. The topological polar surface area (TPSA) is 55.1 Å². The number of amides is 1. The van der Waals surface area contributed by atoms with E-state index in [-0.39, 0.29) is 29.8 Å². The molecule has 17 heavy (non-hydrogen) atoms. The molecule has 3 heteroatoms. The first-order chi connectivity index (χ1) is 7.88. The molecule has 3 nitrogen and oxygen atoms in total. The van der Waals surface area contributed by atoms with E-state index in [4.69, 9.17) is 12.2 Å². The minimum absolute atomic E-state index is 0.00310. The Kier molecular flexibility index (Phi) is 7.65. The highest BCUT2D eigenvalue weighted by molar-refractivity contribution is 5.78. The maximum atomic E-state index is 11.9. The molecule has 98 valence electrons. The molecule has 1 amide bonds. The van der Waals surface area contributed by atoms with E-state index in [9.17, 15) is 4.79 Å². The highest BCUT2D eigenvalue weighted by Crippen LogP contribution is 2.10. The first-order valence-electron chi connectivity index (χ1n) is 6.40. The van der Waals surface area contributed by atoms with Gasteiger partial charge < -0.3 is 11.1 Å². The van der Waals surface area contributed by atoms with Crippen LogP contribution in [0.1, 0.15) is 47.0 Å². The number of nitrogens with two attached hydrogens (primary N) is 1. The van der Waals surface area contributed by atoms with Gasteiger partial charge in [-0.1, -0.05) is 33.1 Å². The Morgan fingerprint density at radius 1 is 1.29 bits per heavy atom. The van der Waals surface area contributed by atoms with E-state index in [1.54, 1.807) is 0 Å². The van der Waals surface area contributed by atoms with Crippen molar-refractivity contribution in [1.29, 1.82) is 0 Å². The molecule has 0 heterocycles. The Morgan fingerprint density at radius 3 is 2.29 bits per heavy atom. The second-order valence-corrected chi connectivity index (χ2v) is 5.21. The lowest BCUT2D eigenvalue weighted by atomic mass is 9.99. The maximum absolute atomic E-state index is 11.9. The van der Waals surface area contributed by atoms with Gasteiger partial charge in [0.25, 0.3) is 0 Å². The van der Waals surface area contributed by atoms with Crippen LogP contribution in [0.15, 0.2) is 0 Å². The molecule has 0 spiro atoms. The first kappa shape index (κ1) is 16.0. The standard InChI is InChI=1S/C14H26N2O/c1-6-13(10(2)3)16-14(17)11(4)8-7-9-12(5)15/h1,10-13H,7-9,15H2,2-5H3,(H,16,17). The molecule has 0 aromatic rings. The number of nitrogens with one attached hydrogen (secondary N) is 1. The summed E-state index contributed by atoms with van der Waals surface area (Å²) in [6.45, 7) is 7.93. The van der Waals surface area contributed by atoms with Crippen LogP contribution in [0.4, 0.5) is 0 Å². The predicted octanol–water partition coefficient (Wildman–Crippen LogP) is 1.91. The van der Waals surface area contributed by atoms with Crippen molar-refractivity contribution in [2.24, 2.45) is 17.6 Å². The van der Waals surface area contributed by atoms with Crippen LogP contribution in [-0.2, 0) is 4.79 Å². The number of hydrogen-bond donors (Lipinski definition) is 2. The van der Waals surface area contributed by atoms with Crippen LogP contribution < -0.4 is 11.1 Å². The van der Waals surface area contributed by atoms with Gasteiger partial charge in [-0.3, -0.25) is 4.79 Å². The van der Waals surface area contributed by atoms with E-state index in [0.717, 1.165) is 19.3 Å². The minimum atomic E-state index is -0.168. The third-order valence-electron chi connectivity index (χ3n) is 2.89. The molecule has 0 radical (unpaired) electrons. The molecule has 0 aliphatic heterocycles. The highest BCUT2D eigenvalue weighted by atomic mass is 16.1. The lowest BCUT2D eigenvalue weighted by Crippen LogP contribution is -2.40. The third kappa shape index (κ3) is 7.01. The molecule has 3 atom stereocenters. The predicted molar refractivity (Wildman–Crippen MR) is 72.3 cm³/mol. The fourth-order valence-electron chi connectivity index (χ4n) is 1.57. The van der Waals surface area contributed by atoms with Crippen LogP contribution in [0.3, 0.4) is 0 Å². The summed E-state index contributed by atoms with van der Waals surface area (Å²) >= 11 is 0. The lowest BCUT2D eigenvalue weighted by molar-refractivity contribution is -0.125. The van der Waals surface area contributed by atoms with Gasteiger partial charge in [-0.25, -0.2) is 0 Å². The monoisotopic (exact) mass is 238 g/mol. The Labute approximate surface area is 106 Å². The van der Waals surface area contributed by atoms with E-state index < -0.39 is 0 Å². The van der Waals surface area contributed by atoms with Gasteiger partial charge >= 0.3 is 0 Å². The zero-order valence-corrected chi connectivity index (χ0v) is 11.5. The van der Waals surface area contributed by atoms with E-state index in [0.29, 0.717) is 0 Å². The zero-order valence-electron chi connectivity index (χ0n) is 11.5. The minimum Gasteiger partial charge on any atom is -0.342 e. The summed E-state index contributed by atoms with van der Waals surface area (Å²) in [4.78, 5) is 11.9. The fraction of sp³-hybridized carbons (Fsp3) is 0.786. The van der Waals surface area contributed by atoms with Gasteiger partial charge in [0.1, 0.15) is 0 Å². The second kappa shape index (κ2) is 8.14. The lowest BCUT2D eigenvalue weighted by Gasteiger charge is -2.19. The molecule has 0 bridgehead atoms. The molecule has 0 aromatic heterocycles. The quantitative estimate of drug-likeness (QED) is 0.666. The fourth-order valence-corrected chi connectivity index (χ4v) is 1.57. The summed E-state index contributed by atoms with van der Waals surface area (Å²) in [5.74, 6) is 2.92. The number of rotatable bonds is 7. The summed E-state index contributed by atoms with van der Waals surface area (Å²) in [5.41, 5.74) is 5.67.